The van der Waals surface area contributed by atoms with Crippen LogP contribution in [0.5, 0.6) is 0 Å². The van der Waals surface area contributed by atoms with Gasteiger partial charge in [-0.3, -0.25) is 4.79 Å². The average molecular weight is 363 g/mol. The van der Waals surface area contributed by atoms with E-state index >= 15 is 0 Å². The van der Waals surface area contributed by atoms with Crippen molar-refractivity contribution in [2.24, 2.45) is 0 Å². The summed E-state index contributed by atoms with van der Waals surface area (Å²) in [5.41, 5.74) is 9.24. The summed E-state index contributed by atoms with van der Waals surface area (Å²) in [6.07, 6.45) is 0. The number of hydrogen-bond acceptors (Lipinski definition) is 4. The van der Waals surface area contributed by atoms with Crippen LogP contribution in [-0.2, 0) is 6.54 Å². The number of benzene rings is 2. The first kappa shape index (κ1) is 17.5. The molecule has 0 aliphatic carbocycles. The van der Waals surface area contributed by atoms with Crippen molar-refractivity contribution in [3.05, 3.63) is 82.5 Å². The normalized spacial score (nSPS) is 10.2. The summed E-state index contributed by atoms with van der Waals surface area (Å²) in [4.78, 5) is 16.5. The highest BCUT2D eigenvalue weighted by Gasteiger charge is 2.11. The van der Waals surface area contributed by atoms with E-state index in [4.69, 9.17) is 22.6 Å². The minimum Gasteiger partial charge on any atom is -0.384 e. The lowest BCUT2D eigenvalue weighted by Crippen LogP contribution is -2.24. The van der Waals surface area contributed by atoms with E-state index in [9.17, 15) is 4.79 Å². The van der Waals surface area contributed by atoms with Crippen molar-refractivity contribution in [3.63, 3.8) is 0 Å². The van der Waals surface area contributed by atoms with Gasteiger partial charge >= 0.3 is 0 Å². The molecule has 0 saturated carbocycles. The Morgan fingerprint density at radius 1 is 1.08 bits per heavy atom. The van der Waals surface area contributed by atoms with Crippen molar-refractivity contribution in [3.8, 4) is 17.2 Å². The molecular formula is C20H15ClN4O. The predicted molar refractivity (Wildman–Crippen MR) is 101 cm³/mol. The average Bonchev–Trinajstić information content (AvgIpc) is 2.66. The number of anilines is 1. The molecule has 3 aromatic rings. The topological polar surface area (TPSA) is 91.8 Å². The van der Waals surface area contributed by atoms with E-state index < -0.39 is 0 Å². The van der Waals surface area contributed by atoms with Crippen molar-refractivity contribution in [2.75, 3.05) is 5.73 Å². The maximum absolute atomic E-state index is 12.4. The number of amides is 1. The molecular weight excluding hydrogens is 348 g/mol. The first-order chi connectivity index (χ1) is 12.5. The van der Waals surface area contributed by atoms with E-state index in [0.717, 1.165) is 16.7 Å². The number of carbonyl (C=O) groups is 1. The highest BCUT2D eigenvalue weighted by molar-refractivity contribution is 6.30. The molecule has 0 atom stereocenters. The summed E-state index contributed by atoms with van der Waals surface area (Å²) in [7, 11) is 0. The fraction of sp³-hybridized carbons (Fsp3) is 0.0500. The molecule has 0 saturated heterocycles. The van der Waals surface area contributed by atoms with Crippen molar-refractivity contribution >= 4 is 23.3 Å². The van der Waals surface area contributed by atoms with Crippen molar-refractivity contribution in [1.82, 2.24) is 10.3 Å². The van der Waals surface area contributed by atoms with Crippen molar-refractivity contribution in [1.29, 1.82) is 5.26 Å². The third-order valence-corrected chi connectivity index (χ3v) is 4.04. The molecule has 1 amide bonds. The second kappa shape index (κ2) is 7.68. The molecule has 6 heteroatoms. The fourth-order valence-electron chi connectivity index (χ4n) is 2.45. The summed E-state index contributed by atoms with van der Waals surface area (Å²) >= 11 is 5.91. The van der Waals surface area contributed by atoms with E-state index in [-0.39, 0.29) is 17.4 Å². The van der Waals surface area contributed by atoms with Crippen LogP contribution in [0.25, 0.3) is 11.1 Å². The van der Waals surface area contributed by atoms with Crippen LogP contribution in [0.15, 0.2) is 60.7 Å². The number of carbonyl (C=O) groups excluding carboxylic acids is 1. The molecule has 0 radical (unpaired) electrons. The highest BCUT2D eigenvalue weighted by Crippen LogP contribution is 2.23. The Labute approximate surface area is 156 Å². The molecule has 2 aromatic carbocycles. The third-order valence-electron chi connectivity index (χ3n) is 3.79. The van der Waals surface area contributed by atoms with Gasteiger partial charge in [-0.2, -0.15) is 5.26 Å². The van der Waals surface area contributed by atoms with Crippen LogP contribution in [0.4, 0.5) is 5.82 Å². The molecule has 0 aliphatic heterocycles. The number of nitrogens with two attached hydrogens (primary N) is 1. The van der Waals surface area contributed by atoms with Crippen LogP contribution in [0, 0.1) is 11.3 Å². The quantitative estimate of drug-likeness (QED) is 0.738. The van der Waals surface area contributed by atoms with Gasteiger partial charge in [-0.15, -0.1) is 0 Å². The minimum absolute atomic E-state index is 0.239. The molecule has 128 valence electrons. The summed E-state index contributed by atoms with van der Waals surface area (Å²) < 4.78 is 0. The van der Waals surface area contributed by atoms with Gasteiger partial charge in [-0.1, -0.05) is 35.9 Å². The smallest absolute Gasteiger partial charge is 0.270 e. The molecule has 3 rings (SSSR count). The van der Waals surface area contributed by atoms with Gasteiger partial charge in [-0.25, -0.2) is 4.98 Å². The lowest BCUT2D eigenvalue weighted by molar-refractivity contribution is 0.0946. The van der Waals surface area contributed by atoms with Gasteiger partial charge in [0.1, 0.15) is 11.5 Å². The molecule has 0 aliphatic rings. The molecule has 1 heterocycles. The number of nitriles is 1. The number of nitrogen functional groups attached to an aromatic ring is 1. The zero-order valence-electron chi connectivity index (χ0n) is 13.7. The molecule has 3 N–H and O–H groups in total. The van der Waals surface area contributed by atoms with E-state index in [2.05, 4.69) is 16.4 Å². The van der Waals surface area contributed by atoms with Gasteiger partial charge in [0.2, 0.25) is 0 Å². The Morgan fingerprint density at radius 2 is 1.77 bits per heavy atom. The van der Waals surface area contributed by atoms with Gasteiger partial charge in [0.15, 0.2) is 0 Å². The van der Waals surface area contributed by atoms with E-state index in [0.29, 0.717) is 17.1 Å². The Bertz CT molecular complexity index is 976. The second-order valence-electron chi connectivity index (χ2n) is 5.66. The summed E-state index contributed by atoms with van der Waals surface area (Å²) in [5.74, 6) is -0.0575. The third kappa shape index (κ3) is 4.18. The van der Waals surface area contributed by atoms with Crippen molar-refractivity contribution < 1.29 is 4.79 Å². The molecule has 26 heavy (non-hydrogen) atoms. The fourth-order valence-corrected chi connectivity index (χ4v) is 2.57. The van der Waals surface area contributed by atoms with Crippen LogP contribution in [0.3, 0.4) is 0 Å². The van der Waals surface area contributed by atoms with Gasteiger partial charge in [0.25, 0.3) is 5.91 Å². The summed E-state index contributed by atoms with van der Waals surface area (Å²) in [6.45, 7) is 0.331. The Morgan fingerprint density at radius 3 is 2.42 bits per heavy atom. The minimum atomic E-state index is -0.322. The summed E-state index contributed by atoms with van der Waals surface area (Å²) in [5, 5.41) is 12.3. The van der Waals surface area contributed by atoms with Crippen LogP contribution >= 0.6 is 11.6 Å². The van der Waals surface area contributed by atoms with E-state index in [1.54, 1.807) is 48.5 Å². The highest BCUT2D eigenvalue weighted by atomic mass is 35.5. The van der Waals surface area contributed by atoms with Gasteiger partial charge in [0.05, 0.1) is 11.6 Å². The van der Waals surface area contributed by atoms with Gasteiger partial charge < -0.3 is 11.1 Å². The lowest BCUT2D eigenvalue weighted by Gasteiger charge is -2.08. The second-order valence-corrected chi connectivity index (χ2v) is 6.10. The monoisotopic (exact) mass is 362 g/mol. The first-order valence-electron chi connectivity index (χ1n) is 7.86. The van der Waals surface area contributed by atoms with Crippen LogP contribution in [0.1, 0.15) is 21.6 Å². The number of halogens is 1. The molecule has 5 nitrogen and oxygen atoms in total. The molecule has 0 fully saturated rings. The van der Waals surface area contributed by atoms with Gasteiger partial charge in [-0.05, 0) is 53.1 Å². The van der Waals surface area contributed by atoms with Crippen LogP contribution < -0.4 is 11.1 Å². The Kier molecular flexibility index (Phi) is 5.16. The summed E-state index contributed by atoms with van der Waals surface area (Å²) in [6, 6.07) is 19.7. The van der Waals surface area contributed by atoms with Crippen molar-refractivity contribution in [2.45, 2.75) is 6.54 Å². The number of aromatic nitrogens is 1. The number of nitrogens with zero attached hydrogens (tertiary/aromatic N) is 2. The van der Waals surface area contributed by atoms with Gasteiger partial charge in [0, 0.05) is 11.6 Å². The zero-order valence-corrected chi connectivity index (χ0v) is 14.5. The number of nitrogens with one attached hydrogen (secondary N) is 1. The number of pyridine rings is 1. The lowest BCUT2D eigenvalue weighted by atomic mass is 10.1. The first-order valence-corrected chi connectivity index (χ1v) is 8.24. The van der Waals surface area contributed by atoms with E-state index in [1.807, 2.05) is 12.1 Å². The van der Waals surface area contributed by atoms with Crippen LogP contribution in [0.2, 0.25) is 5.02 Å². The standard InChI is InChI=1S/C20H15ClN4O/c21-17-7-5-15(6-8-17)16-9-18(25-19(23)10-16)20(26)24-12-14-3-1-13(11-22)2-4-14/h1-10H,12H2,(H2,23,25)(H,24,26). The Hall–Kier alpha value is -3.36. The largest absolute Gasteiger partial charge is 0.384 e. The zero-order chi connectivity index (χ0) is 18.5. The SMILES string of the molecule is N#Cc1ccc(CNC(=O)c2cc(-c3ccc(Cl)cc3)cc(N)n2)cc1. The number of hydrogen-bond donors (Lipinski definition) is 2. The Balaban J connectivity index is 1.76. The maximum Gasteiger partial charge on any atom is 0.270 e. The van der Waals surface area contributed by atoms with E-state index in [1.165, 1.54) is 0 Å². The number of rotatable bonds is 4. The van der Waals surface area contributed by atoms with Crippen LogP contribution in [-0.4, -0.2) is 10.9 Å². The maximum atomic E-state index is 12.4. The molecule has 0 spiro atoms. The molecule has 0 bridgehead atoms. The molecule has 1 aromatic heterocycles. The predicted octanol–water partition coefficient (Wildman–Crippen LogP) is 3.79. The molecule has 0 unspecified atom stereocenters.